The summed E-state index contributed by atoms with van der Waals surface area (Å²) in [5, 5.41) is 10.3. The molecule has 19 heavy (non-hydrogen) atoms. The topological polar surface area (TPSA) is 20.2 Å². The highest BCUT2D eigenvalue weighted by Gasteiger charge is 2.30. The van der Waals surface area contributed by atoms with Crippen molar-refractivity contribution in [2.75, 3.05) is 0 Å². The average Bonchev–Trinajstić information content (AvgIpc) is 2.72. The number of aliphatic hydroxyl groups is 1. The molecule has 3 rings (SSSR count). The maximum atomic E-state index is 13.2. The number of hydrogen-bond donors (Lipinski definition) is 1. The third-order valence-electron chi connectivity index (χ3n) is 3.78. The first-order chi connectivity index (χ1) is 9.15. The quantitative estimate of drug-likeness (QED) is 0.877. The Morgan fingerprint density at radius 1 is 1.05 bits per heavy atom. The molecule has 0 saturated heterocycles. The normalized spacial score (nSPS) is 21.4. The fourth-order valence-electron chi connectivity index (χ4n) is 2.81. The second kappa shape index (κ2) is 4.74. The zero-order valence-corrected chi connectivity index (χ0v) is 10.3. The highest BCUT2D eigenvalue weighted by Crippen LogP contribution is 2.37. The van der Waals surface area contributed by atoms with Crippen molar-refractivity contribution >= 4 is 0 Å². The van der Waals surface area contributed by atoms with E-state index in [1.165, 1.54) is 6.07 Å². The van der Waals surface area contributed by atoms with Crippen molar-refractivity contribution in [3.8, 4) is 0 Å². The molecule has 2 aromatic rings. The summed E-state index contributed by atoms with van der Waals surface area (Å²) in [5.41, 5.74) is 2.81. The third-order valence-corrected chi connectivity index (χ3v) is 3.78. The van der Waals surface area contributed by atoms with E-state index >= 15 is 0 Å². The number of hydrogen-bond acceptors (Lipinski definition) is 1. The number of benzene rings is 2. The van der Waals surface area contributed by atoms with Gasteiger partial charge in [0.25, 0.3) is 0 Å². The average molecular weight is 260 g/mol. The predicted octanol–water partition coefficient (Wildman–Crippen LogP) is 3.41. The first kappa shape index (κ1) is 12.3. The molecule has 0 amide bonds. The molecule has 0 fully saturated rings. The fourth-order valence-corrected chi connectivity index (χ4v) is 2.81. The van der Waals surface area contributed by atoms with Crippen LogP contribution in [0.2, 0.25) is 0 Å². The van der Waals surface area contributed by atoms with Crippen LogP contribution < -0.4 is 0 Å². The third kappa shape index (κ3) is 2.26. The van der Waals surface area contributed by atoms with Gasteiger partial charge in [0, 0.05) is 0 Å². The zero-order valence-electron chi connectivity index (χ0n) is 10.3. The van der Waals surface area contributed by atoms with Crippen LogP contribution in [0.3, 0.4) is 0 Å². The predicted molar refractivity (Wildman–Crippen MR) is 68.7 cm³/mol. The van der Waals surface area contributed by atoms with Gasteiger partial charge in [0.15, 0.2) is 11.6 Å². The summed E-state index contributed by atoms with van der Waals surface area (Å²) >= 11 is 0. The highest BCUT2D eigenvalue weighted by atomic mass is 19.2. The van der Waals surface area contributed by atoms with Crippen molar-refractivity contribution in [3.05, 3.63) is 70.8 Å². The van der Waals surface area contributed by atoms with Crippen LogP contribution in [-0.2, 0) is 12.8 Å². The second-order valence-electron chi connectivity index (χ2n) is 5.06. The Labute approximate surface area is 110 Å². The van der Waals surface area contributed by atoms with Gasteiger partial charge in [-0.1, -0.05) is 30.3 Å². The molecule has 0 saturated carbocycles. The monoisotopic (exact) mass is 260 g/mol. The van der Waals surface area contributed by atoms with Gasteiger partial charge in [0.2, 0.25) is 0 Å². The molecule has 3 heteroatoms. The number of aliphatic hydroxyl groups excluding tert-OH is 1. The Balaban J connectivity index is 1.80. The minimum atomic E-state index is -0.834. The van der Waals surface area contributed by atoms with Crippen molar-refractivity contribution in [2.45, 2.75) is 18.9 Å². The van der Waals surface area contributed by atoms with Gasteiger partial charge in [-0.2, -0.15) is 0 Å². The van der Waals surface area contributed by atoms with E-state index in [-0.39, 0.29) is 5.92 Å². The molecule has 2 atom stereocenters. The van der Waals surface area contributed by atoms with Gasteiger partial charge in [0.1, 0.15) is 0 Å². The molecule has 2 unspecified atom stereocenters. The molecule has 0 aliphatic heterocycles. The minimum absolute atomic E-state index is 0.0299. The standard InChI is InChI=1S/C16H14F2O/c17-14-6-5-10(8-15(14)18)7-12-9-11-3-1-2-4-13(11)16(12)19/h1-6,8,12,16,19H,7,9H2. The zero-order chi connectivity index (χ0) is 13.4. The van der Waals surface area contributed by atoms with Crippen molar-refractivity contribution in [1.82, 2.24) is 0 Å². The van der Waals surface area contributed by atoms with E-state index in [1.807, 2.05) is 24.3 Å². The summed E-state index contributed by atoms with van der Waals surface area (Å²) in [6.45, 7) is 0. The summed E-state index contributed by atoms with van der Waals surface area (Å²) in [7, 11) is 0. The van der Waals surface area contributed by atoms with E-state index in [0.29, 0.717) is 6.42 Å². The van der Waals surface area contributed by atoms with E-state index in [1.54, 1.807) is 6.07 Å². The largest absolute Gasteiger partial charge is 0.388 e. The maximum absolute atomic E-state index is 13.2. The Bertz CT molecular complexity index is 609. The van der Waals surface area contributed by atoms with Crippen LogP contribution in [0.4, 0.5) is 8.78 Å². The smallest absolute Gasteiger partial charge is 0.159 e. The number of fused-ring (bicyclic) bond motifs is 1. The van der Waals surface area contributed by atoms with E-state index in [9.17, 15) is 13.9 Å². The van der Waals surface area contributed by atoms with E-state index in [0.717, 1.165) is 29.2 Å². The molecule has 0 aromatic heterocycles. The lowest BCUT2D eigenvalue weighted by molar-refractivity contribution is 0.123. The molecule has 1 aliphatic carbocycles. The lowest BCUT2D eigenvalue weighted by atomic mass is 9.94. The van der Waals surface area contributed by atoms with Gasteiger partial charge in [-0.05, 0) is 47.6 Å². The van der Waals surface area contributed by atoms with Gasteiger partial charge in [0.05, 0.1) is 6.10 Å². The van der Waals surface area contributed by atoms with Gasteiger partial charge >= 0.3 is 0 Å². The maximum Gasteiger partial charge on any atom is 0.159 e. The van der Waals surface area contributed by atoms with Crippen molar-refractivity contribution < 1.29 is 13.9 Å². The molecule has 2 aromatic carbocycles. The Kier molecular flexibility index (Phi) is 3.07. The van der Waals surface area contributed by atoms with Crippen LogP contribution in [0, 0.1) is 17.6 Å². The van der Waals surface area contributed by atoms with Crippen LogP contribution in [0.1, 0.15) is 22.8 Å². The van der Waals surface area contributed by atoms with Gasteiger partial charge in [-0.3, -0.25) is 0 Å². The molecule has 0 heterocycles. The van der Waals surface area contributed by atoms with Crippen LogP contribution in [0.5, 0.6) is 0 Å². The van der Waals surface area contributed by atoms with E-state index in [4.69, 9.17) is 0 Å². The molecule has 0 bridgehead atoms. The van der Waals surface area contributed by atoms with Crippen LogP contribution in [0.15, 0.2) is 42.5 Å². The van der Waals surface area contributed by atoms with Crippen molar-refractivity contribution in [3.63, 3.8) is 0 Å². The lowest BCUT2D eigenvalue weighted by Gasteiger charge is -2.15. The lowest BCUT2D eigenvalue weighted by Crippen LogP contribution is -2.10. The SMILES string of the molecule is OC1c2ccccc2CC1Cc1ccc(F)c(F)c1. The summed E-state index contributed by atoms with van der Waals surface area (Å²) in [6.07, 6.45) is 0.799. The van der Waals surface area contributed by atoms with E-state index in [2.05, 4.69) is 0 Å². The van der Waals surface area contributed by atoms with Gasteiger partial charge < -0.3 is 5.11 Å². The molecule has 1 aliphatic rings. The molecule has 1 N–H and O–H groups in total. The van der Waals surface area contributed by atoms with Crippen LogP contribution in [-0.4, -0.2) is 5.11 Å². The molecule has 0 radical (unpaired) electrons. The van der Waals surface area contributed by atoms with Crippen molar-refractivity contribution in [2.24, 2.45) is 5.92 Å². The number of halogens is 2. The highest BCUT2D eigenvalue weighted by molar-refractivity contribution is 5.35. The Morgan fingerprint density at radius 2 is 1.84 bits per heavy atom. The Morgan fingerprint density at radius 3 is 2.58 bits per heavy atom. The van der Waals surface area contributed by atoms with Crippen molar-refractivity contribution in [1.29, 1.82) is 0 Å². The summed E-state index contributed by atoms with van der Waals surface area (Å²) in [6, 6.07) is 11.7. The summed E-state index contributed by atoms with van der Waals surface area (Å²) in [5.74, 6) is -1.64. The summed E-state index contributed by atoms with van der Waals surface area (Å²) < 4.78 is 26.1. The molecule has 98 valence electrons. The second-order valence-corrected chi connectivity index (χ2v) is 5.06. The summed E-state index contributed by atoms with van der Waals surface area (Å²) in [4.78, 5) is 0. The van der Waals surface area contributed by atoms with Gasteiger partial charge in [-0.25, -0.2) is 8.78 Å². The molecular formula is C16H14F2O. The Hall–Kier alpha value is -1.74. The van der Waals surface area contributed by atoms with Crippen LogP contribution >= 0.6 is 0 Å². The first-order valence-corrected chi connectivity index (χ1v) is 6.35. The van der Waals surface area contributed by atoms with Crippen LogP contribution in [0.25, 0.3) is 0 Å². The fraction of sp³-hybridized carbons (Fsp3) is 0.250. The number of rotatable bonds is 2. The first-order valence-electron chi connectivity index (χ1n) is 6.35. The van der Waals surface area contributed by atoms with Gasteiger partial charge in [-0.15, -0.1) is 0 Å². The molecule has 1 nitrogen and oxygen atoms in total. The molecule has 0 spiro atoms. The minimum Gasteiger partial charge on any atom is -0.388 e. The van der Waals surface area contributed by atoms with E-state index < -0.39 is 17.7 Å². The molecular weight excluding hydrogens is 246 g/mol.